The third-order valence-electron chi connectivity index (χ3n) is 2.40. The summed E-state index contributed by atoms with van der Waals surface area (Å²) in [5.41, 5.74) is -2.08. The van der Waals surface area contributed by atoms with E-state index in [0.717, 1.165) is 6.92 Å². The molecule has 0 atom stereocenters. The van der Waals surface area contributed by atoms with E-state index >= 15 is 0 Å². The highest BCUT2D eigenvalue weighted by Gasteiger charge is 2.45. The van der Waals surface area contributed by atoms with Crippen molar-refractivity contribution in [2.45, 2.75) is 6.92 Å². The lowest BCUT2D eigenvalue weighted by molar-refractivity contribution is -0.433. The first-order valence-corrected chi connectivity index (χ1v) is 4.64. The van der Waals surface area contributed by atoms with E-state index in [4.69, 9.17) is 5.73 Å². The number of nitrogens with zero attached hydrogens (tertiary/aromatic N) is 4. The van der Waals surface area contributed by atoms with E-state index in [0.29, 0.717) is 0 Å². The second kappa shape index (κ2) is 4.71. The number of hydrogen-bond acceptors (Lipinski definition) is 9. The molecule has 13 heteroatoms. The van der Waals surface area contributed by atoms with Crippen molar-refractivity contribution in [3.8, 4) is 0 Å². The van der Waals surface area contributed by atoms with Gasteiger partial charge in [-0.15, -0.1) is 0 Å². The number of anilines is 1. The fourth-order valence-electron chi connectivity index (χ4n) is 1.65. The molecule has 0 aliphatic heterocycles. The Morgan fingerprint density at radius 3 is 1.15 bits per heavy atom. The maximum absolute atomic E-state index is 10.8. The van der Waals surface area contributed by atoms with Gasteiger partial charge >= 0.3 is 22.7 Å². The fourth-order valence-corrected chi connectivity index (χ4v) is 1.65. The van der Waals surface area contributed by atoms with Gasteiger partial charge in [0.2, 0.25) is 5.69 Å². The van der Waals surface area contributed by atoms with Crippen LogP contribution in [0.3, 0.4) is 0 Å². The molecule has 0 heterocycles. The van der Waals surface area contributed by atoms with Crippen LogP contribution in [0, 0.1) is 47.4 Å². The van der Waals surface area contributed by atoms with Gasteiger partial charge in [0.25, 0.3) is 0 Å². The molecule has 0 aliphatic carbocycles. The van der Waals surface area contributed by atoms with Crippen LogP contribution in [0.15, 0.2) is 0 Å². The second-order valence-corrected chi connectivity index (χ2v) is 3.46. The number of nitro benzene ring substituents is 4. The first-order chi connectivity index (χ1) is 9.11. The minimum absolute atomic E-state index is 0.801. The molecule has 2 N–H and O–H groups in total. The third-order valence-corrected chi connectivity index (χ3v) is 2.40. The third kappa shape index (κ3) is 2.02. The molecule has 0 aliphatic rings. The lowest BCUT2D eigenvalue weighted by Gasteiger charge is -2.04. The zero-order valence-corrected chi connectivity index (χ0v) is 9.63. The van der Waals surface area contributed by atoms with Crippen LogP contribution in [0.5, 0.6) is 0 Å². The molecule has 0 aromatic heterocycles. The molecule has 20 heavy (non-hydrogen) atoms. The Hall–Kier alpha value is -3.38. The van der Waals surface area contributed by atoms with Gasteiger partial charge in [0.15, 0.2) is 0 Å². The molecule has 0 saturated carbocycles. The Morgan fingerprint density at radius 1 is 0.700 bits per heavy atom. The quantitative estimate of drug-likeness (QED) is 0.479. The van der Waals surface area contributed by atoms with Crippen molar-refractivity contribution in [1.29, 1.82) is 0 Å². The molecule has 0 bridgehead atoms. The minimum atomic E-state index is -1.34. The Balaban J connectivity index is 4.10. The molecule has 1 aromatic carbocycles. The van der Waals surface area contributed by atoms with E-state index in [1.807, 2.05) is 0 Å². The van der Waals surface area contributed by atoms with E-state index in [1.54, 1.807) is 0 Å². The van der Waals surface area contributed by atoms with Crippen molar-refractivity contribution in [3.05, 3.63) is 46.0 Å². The van der Waals surface area contributed by atoms with E-state index in [2.05, 4.69) is 0 Å². The van der Waals surface area contributed by atoms with Gasteiger partial charge in [0, 0.05) is 0 Å². The average molecular weight is 287 g/mol. The molecule has 106 valence electrons. The largest absolute Gasteiger partial charge is 0.387 e. The maximum Gasteiger partial charge on any atom is 0.376 e. The Kier molecular flexibility index (Phi) is 3.46. The van der Waals surface area contributed by atoms with Crippen LogP contribution in [-0.4, -0.2) is 19.7 Å². The summed E-state index contributed by atoms with van der Waals surface area (Å²) in [6, 6.07) is 0. The molecule has 0 saturated heterocycles. The van der Waals surface area contributed by atoms with E-state index in [1.165, 1.54) is 0 Å². The minimum Gasteiger partial charge on any atom is -0.387 e. The van der Waals surface area contributed by atoms with Crippen molar-refractivity contribution < 1.29 is 19.7 Å². The van der Waals surface area contributed by atoms with Gasteiger partial charge < -0.3 is 5.73 Å². The number of hydrogen-bond donors (Lipinski definition) is 1. The molecular weight excluding hydrogens is 282 g/mol. The predicted molar refractivity (Wildman–Crippen MR) is 62.2 cm³/mol. The van der Waals surface area contributed by atoms with Gasteiger partial charge in [-0.2, -0.15) is 0 Å². The van der Waals surface area contributed by atoms with Crippen molar-refractivity contribution in [3.63, 3.8) is 0 Å². The van der Waals surface area contributed by atoms with Gasteiger partial charge in [0.1, 0.15) is 5.56 Å². The molecule has 13 nitrogen and oxygen atoms in total. The summed E-state index contributed by atoms with van der Waals surface area (Å²) in [4.78, 5) is 38.1. The molecular formula is C7H5N5O8. The average Bonchev–Trinajstić information content (AvgIpc) is 2.28. The van der Waals surface area contributed by atoms with Crippen LogP contribution in [0.4, 0.5) is 28.4 Å². The maximum atomic E-state index is 10.8. The monoisotopic (exact) mass is 287 g/mol. The Labute approximate surface area is 108 Å². The predicted octanol–water partition coefficient (Wildman–Crippen LogP) is 1.21. The number of nitrogen functional groups attached to an aromatic ring is 1. The van der Waals surface area contributed by atoms with Crippen molar-refractivity contribution in [2.75, 3.05) is 5.73 Å². The van der Waals surface area contributed by atoms with E-state index in [9.17, 15) is 40.5 Å². The highest BCUT2D eigenvalue weighted by Crippen LogP contribution is 2.48. The number of nitrogens with two attached hydrogens (primary N) is 1. The normalized spacial score (nSPS) is 10.1. The first-order valence-electron chi connectivity index (χ1n) is 4.64. The molecule has 0 unspecified atom stereocenters. The molecule has 0 amide bonds. The first kappa shape index (κ1) is 14.7. The summed E-state index contributed by atoms with van der Waals surface area (Å²) in [6.07, 6.45) is 0. The van der Waals surface area contributed by atoms with Crippen molar-refractivity contribution in [2.24, 2.45) is 0 Å². The lowest BCUT2D eigenvalue weighted by atomic mass is 10.1. The van der Waals surface area contributed by atoms with E-state index in [-0.39, 0.29) is 0 Å². The molecule has 0 radical (unpaired) electrons. The molecule has 1 aromatic rings. The van der Waals surface area contributed by atoms with Gasteiger partial charge in [-0.1, -0.05) is 0 Å². The topological polar surface area (TPSA) is 199 Å². The van der Waals surface area contributed by atoms with Crippen molar-refractivity contribution in [1.82, 2.24) is 0 Å². The van der Waals surface area contributed by atoms with Gasteiger partial charge in [-0.3, -0.25) is 40.5 Å². The number of rotatable bonds is 4. The Morgan fingerprint density at radius 2 is 0.950 bits per heavy atom. The summed E-state index contributed by atoms with van der Waals surface area (Å²) < 4.78 is 0. The zero-order chi connectivity index (χ0) is 15.8. The fraction of sp³-hybridized carbons (Fsp3) is 0.143. The number of benzene rings is 1. The van der Waals surface area contributed by atoms with Gasteiger partial charge in [-0.05, 0) is 6.92 Å². The van der Waals surface area contributed by atoms with Crippen LogP contribution in [0.1, 0.15) is 5.56 Å². The lowest BCUT2D eigenvalue weighted by Crippen LogP contribution is -2.09. The summed E-state index contributed by atoms with van der Waals surface area (Å²) >= 11 is 0. The van der Waals surface area contributed by atoms with Crippen LogP contribution in [-0.2, 0) is 0 Å². The molecule has 0 spiro atoms. The summed E-state index contributed by atoms with van der Waals surface area (Å²) in [7, 11) is 0. The zero-order valence-electron chi connectivity index (χ0n) is 9.63. The van der Waals surface area contributed by atoms with Crippen molar-refractivity contribution >= 4 is 28.4 Å². The van der Waals surface area contributed by atoms with E-state index < -0.39 is 53.7 Å². The highest BCUT2D eigenvalue weighted by molar-refractivity contribution is 5.88. The van der Waals surface area contributed by atoms with Crippen LogP contribution in [0.25, 0.3) is 0 Å². The molecule has 1 rings (SSSR count). The van der Waals surface area contributed by atoms with Crippen LogP contribution >= 0.6 is 0 Å². The van der Waals surface area contributed by atoms with Gasteiger partial charge in [-0.25, -0.2) is 0 Å². The molecule has 0 fully saturated rings. The van der Waals surface area contributed by atoms with Crippen LogP contribution in [0.2, 0.25) is 0 Å². The van der Waals surface area contributed by atoms with Gasteiger partial charge in [0.05, 0.1) is 19.7 Å². The van der Waals surface area contributed by atoms with Crippen LogP contribution < -0.4 is 5.73 Å². The number of nitro groups is 4. The Bertz CT molecular complexity index is 558. The standard InChI is InChI=1S/C7H5N5O8/c1-2-4(9(13)14)6(11(17)18)3(8)7(12(19)20)5(2)10(15)16/h8H2,1H3. The second-order valence-electron chi connectivity index (χ2n) is 3.46. The summed E-state index contributed by atoms with van der Waals surface area (Å²) in [6.45, 7) is 0.801. The summed E-state index contributed by atoms with van der Waals surface area (Å²) in [5, 5.41) is 43.2. The SMILES string of the molecule is Cc1c([N+](=O)[O-])c([N+](=O)[O-])c(N)c([N+](=O)[O-])c1[N+](=O)[O-]. The highest BCUT2D eigenvalue weighted by atomic mass is 16.6. The smallest absolute Gasteiger partial charge is 0.376 e. The summed E-state index contributed by atoms with van der Waals surface area (Å²) in [5.74, 6) is 0.